The zero-order chi connectivity index (χ0) is 16.7. The molecule has 5 heteroatoms. The summed E-state index contributed by atoms with van der Waals surface area (Å²) in [6.45, 7) is 1.47. The van der Waals surface area contributed by atoms with Crippen molar-refractivity contribution < 1.29 is 19.4 Å². The van der Waals surface area contributed by atoms with Crippen molar-refractivity contribution in [2.45, 2.75) is 13.0 Å². The van der Waals surface area contributed by atoms with E-state index in [-0.39, 0.29) is 0 Å². The highest BCUT2D eigenvalue weighted by Crippen LogP contribution is 2.24. The molecule has 0 heterocycles. The van der Waals surface area contributed by atoms with Gasteiger partial charge in [-0.1, -0.05) is 12.1 Å². The third kappa shape index (κ3) is 4.72. The first-order chi connectivity index (χ1) is 11.1. The van der Waals surface area contributed by atoms with Gasteiger partial charge in [0.25, 0.3) is 0 Å². The number of hydrogen-bond donors (Lipinski definition) is 2. The molecule has 23 heavy (non-hydrogen) atoms. The van der Waals surface area contributed by atoms with Crippen LogP contribution in [0.15, 0.2) is 42.5 Å². The third-order valence-electron chi connectivity index (χ3n) is 3.59. The van der Waals surface area contributed by atoms with Crippen molar-refractivity contribution in [3.05, 3.63) is 59.2 Å². The molecule has 0 saturated heterocycles. The molecule has 0 aromatic heterocycles. The van der Waals surface area contributed by atoms with Crippen LogP contribution in [0.5, 0.6) is 11.5 Å². The predicted octanol–water partition coefficient (Wildman–Crippen LogP) is 2.73. The Kier molecular flexibility index (Phi) is 6.00. The minimum absolute atomic E-state index is 0.301. The monoisotopic (exact) mass is 315 g/mol. The van der Waals surface area contributed by atoms with E-state index >= 15 is 0 Å². The predicted molar refractivity (Wildman–Crippen MR) is 88.4 cm³/mol. The first-order valence-corrected chi connectivity index (χ1v) is 7.38. The number of nitrogens with one attached hydrogen (secondary N) is 1. The number of hydrogen-bond acceptors (Lipinski definition) is 4. The van der Waals surface area contributed by atoms with Crippen LogP contribution in [0.3, 0.4) is 0 Å². The maximum atomic E-state index is 10.8. The van der Waals surface area contributed by atoms with Crippen LogP contribution >= 0.6 is 0 Å². The van der Waals surface area contributed by atoms with Gasteiger partial charge in [-0.05, 0) is 54.4 Å². The summed E-state index contributed by atoms with van der Waals surface area (Å²) in [5.41, 5.74) is 2.43. The number of ether oxygens (including phenoxy) is 2. The molecule has 0 spiro atoms. The fourth-order valence-electron chi connectivity index (χ4n) is 2.30. The number of rotatable bonds is 8. The van der Waals surface area contributed by atoms with Gasteiger partial charge in [-0.2, -0.15) is 0 Å². The average Bonchev–Trinajstić information content (AvgIpc) is 2.58. The van der Waals surface area contributed by atoms with Gasteiger partial charge in [0.05, 0.1) is 19.8 Å². The normalized spacial score (nSPS) is 10.3. The highest BCUT2D eigenvalue weighted by atomic mass is 16.5. The summed E-state index contributed by atoms with van der Waals surface area (Å²) in [5.74, 6) is 0.748. The molecule has 0 amide bonds. The minimum Gasteiger partial charge on any atom is -0.497 e. The SMILES string of the molecule is COc1ccc(OC)c(CCNCc2ccc(C(=O)O)cc2)c1. The van der Waals surface area contributed by atoms with Crippen molar-refractivity contribution in [2.24, 2.45) is 0 Å². The second kappa shape index (κ2) is 8.19. The van der Waals surface area contributed by atoms with Gasteiger partial charge in [0.1, 0.15) is 11.5 Å². The quantitative estimate of drug-likeness (QED) is 0.733. The molecule has 0 aliphatic carbocycles. The molecule has 2 aromatic rings. The topological polar surface area (TPSA) is 67.8 Å². The Labute approximate surface area is 135 Å². The van der Waals surface area contributed by atoms with E-state index in [0.717, 1.165) is 35.6 Å². The van der Waals surface area contributed by atoms with E-state index in [1.54, 1.807) is 26.4 Å². The molecule has 0 unspecified atom stereocenters. The fourth-order valence-corrected chi connectivity index (χ4v) is 2.30. The Morgan fingerprint density at radius 2 is 1.83 bits per heavy atom. The molecule has 0 fully saturated rings. The van der Waals surface area contributed by atoms with Gasteiger partial charge in [0, 0.05) is 6.54 Å². The van der Waals surface area contributed by atoms with E-state index < -0.39 is 5.97 Å². The lowest BCUT2D eigenvalue weighted by molar-refractivity contribution is 0.0697. The van der Waals surface area contributed by atoms with Gasteiger partial charge in [-0.25, -0.2) is 4.79 Å². The van der Waals surface area contributed by atoms with Gasteiger partial charge >= 0.3 is 5.97 Å². The summed E-state index contributed by atoms with van der Waals surface area (Å²) in [4.78, 5) is 10.8. The molecule has 2 N–H and O–H groups in total. The zero-order valence-corrected chi connectivity index (χ0v) is 13.3. The van der Waals surface area contributed by atoms with Crippen molar-refractivity contribution in [1.82, 2.24) is 5.32 Å². The summed E-state index contributed by atoms with van der Waals surface area (Å²) in [5, 5.41) is 12.2. The van der Waals surface area contributed by atoms with E-state index in [0.29, 0.717) is 12.1 Å². The summed E-state index contributed by atoms with van der Waals surface area (Å²) < 4.78 is 10.6. The van der Waals surface area contributed by atoms with Gasteiger partial charge in [-0.3, -0.25) is 0 Å². The molecule has 0 saturated carbocycles. The lowest BCUT2D eigenvalue weighted by Crippen LogP contribution is -2.17. The smallest absolute Gasteiger partial charge is 0.335 e. The molecule has 0 radical (unpaired) electrons. The molecule has 2 aromatic carbocycles. The van der Waals surface area contributed by atoms with E-state index in [1.165, 1.54) is 0 Å². The van der Waals surface area contributed by atoms with Crippen molar-refractivity contribution in [3.63, 3.8) is 0 Å². The van der Waals surface area contributed by atoms with Crippen molar-refractivity contribution in [2.75, 3.05) is 20.8 Å². The standard InChI is InChI=1S/C18H21NO4/c1-22-16-7-8-17(23-2)15(11-16)9-10-19-12-13-3-5-14(6-4-13)18(20)21/h3-8,11,19H,9-10,12H2,1-2H3,(H,20,21). The van der Waals surface area contributed by atoms with Crippen molar-refractivity contribution in [1.29, 1.82) is 0 Å². The average molecular weight is 315 g/mol. The summed E-state index contributed by atoms with van der Waals surface area (Å²) in [6, 6.07) is 12.6. The molecule has 122 valence electrons. The number of carbonyl (C=O) groups is 1. The van der Waals surface area contributed by atoms with E-state index in [1.807, 2.05) is 30.3 Å². The number of methoxy groups -OCH3 is 2. The lowest BCUT2D eigenvalue weighted by Gasteiger charge is -2.11. The summed E-state index contributed by atoms with van der Waals surface area (Å²) >= 11 is 0. The third-order valence-corrected chi connectivity index (χ3v) is 3.59. The molecule has 0 bridgehead atoms. The fraction of sp³-hybridized carbons (Fsp3) is 0.278. The first kappa shape index (κ1) is 16.8. The number of carboxylic acid groups (broad SMARTS) is 1. The van der Waals surface area contributed by atoms with Crippen LogP contribution in [0, 0.1) is 0 Å². The molecular weight excluding hydrogens is 294 g/mol. The maximum Gasteiger partial charge on any atom is 0.335 e. The number of aromatic carboxylic acids is 1. The Hall–Kier alpha value is -2.53. The van der Waals surface area contributed by atoms with Crippen LogP contribution in [0.25, 0.3) is 0 Å². The van der Waals surface area contributed by atoms with Gasteiger partial charge in [0.2, 0.25) is 0 Å². The molecule has 0 aliphatic heterocycles. The second-order valence-electron chi connectivity index (χ2n) is 5.11. The Balaban J connectivity index is 1.86. The molecule has 2 rings (SSSR count). The second-order valence-corrected chi connectivity index (χ2v) is 5.11. The van der Waals surface area contributed by atoms with E-state index in [2.05, 4.69) is 5.32 Å². The largest absolute Gasteiger partial charge is 0.497 e. The molecule has 0 atom stereocenters. The maximum absolute atomic E-state index is 10.8. The van der Waals surface area contributed by atoms with Crippen LogP contribution in [-0.4, -0.2) is 31.8 Å². The van der Waals surface area contributed by atoms with Gasteiger partial charge < -0.3 is 19.9 Å². The van der Waals surface area contributed by atoms with Crippen LogP contribution in [-0.2, 0) is 13.0 Å². The Morgan fingerprint density at radius 3 is 2.43 bits per heavy atom. The molecular formula is C18H21NO4. The van der Waals surface area contributed by atoms with E-state index in [4.69, 9.17) is 14.6 Å². The Bertz CT molecular complexity index is 653. The van der Waals surface area contributed by atoms with Crippen LogP contribution in [0.2, 0.25) is 0 Å². The van der Waals surface area contributed by atoms with Crippen LogP contribution in [0.4, 0.5) is 0 Å². The summed E-state index contributed by atoms with van der Waals surface area (Å²) in [7, 11) is 3.30. The number of benzene rings is 2. The highest BCUT2D eigenvalue weighted by molar-refractivity contribution is 5.87. The molecule has 5 nitrogen and oxygen atoms in total. The minimum atomic E-state index is -0.908. The molecule has 0 aliphatic rings. The first-order valence-electron chi connectivity index (χ1n) is 7.38. The van der Waals surface area contributed by atoms with Crippen molar-refractivity contribution >= 4 is 5.97 Å². The van der Waals surface area contributed by atoms with Crippen molar-refractivity contribution in [3.8, 4) is 11.5 Å². The lowest BCUT2D eigenvalue weighted by atomic mass is 10.1. The van der Waals surface area contributed by atoms with Gasteiger partial charge in [0.15, 0.2) is 0 Å². The zero-order valence-electron chi connectivity index (χ0n) is 13.3. The Morgan fingerprint density at radius 1 is 1.09 bits per heavy atom. The number of carboxylic acids is 1. The van der Waals surface area contributed by atoms with Crippen LogP contribution < -0.4 is 14.8 Å². The summed E-state index contributed by atoms with van der Waals surface area (Å²) in [6.07, 6.45) is 0.813. The van der Waals surface area contributed by atoms with Gasteiger partial charge in [-0.15, -0.1) is 0 Å². The highest BCUT2D eigenvalue weighted by Gasteiger charge is 2.05. The van der Waals surface area contributed by atoms with Crippen LogP contribution in [0.1, 0.15) is 21.5 Å². The van der Waals surface area contributed by atoms with E-state index in [9.17, 15) is 4.79 Å².